The number of nitrogens with zero attached hydrogens (tertiary/aromatic N) is 1. The lowest BCUT2D eigenvalue weighted by Gasteiger charge is -2.13. The van der Waals surface area contributed by atoms with E-state index in [4.69, 9.17) is 9.47 Å². The Morgan fingerprint density at radius 3 is 2.71 bits per heavy atom. The van der Waals surface area contributed by atoms with Gasteiger partial charge in [0.2, 0.25) is 5.91 Å². The van der Waals surface area contributed by atoms with Crippen molar-refractivity contribution in [1.29, 1.82) is 0 Å². The van der Waals surface area contributed by atoms with E-state index in [9.17, 15) is 14.7 Å². The maximum absolute atomic E-state index is 12.1. The molecule has 2 aromatic rings. The zero-order chi connectivity index (χ0) is 20.4. The van der Waals surface area contributed by atoms with Crippen molar-refractivity contribution in [3.8, 4) is 11.5 Å². The van der Waals surface area contributed by atoms with E-state index in [1.54, 1.807) is 5.38 Å². The number of carboxylic acids is 1. The van der Waals surface area contributed by atoms with Crippen LogP contribution in [0.1, 0.15) is 43.0 Å². The first-order valence-corrected chi connectivity index (χ1v) is 10.2. The van der Waals surface area contributed by atoms with Crippen LogP contribution in [0.5, 0.6) is 11.5 Å². The summed E-state index contributed by atoms with van der Waals surface area (Å²) in [6.45, 7) is 5.53. The average molecular weight is 405 g/mol. The van der Waals surface area contributed by atoms with E-state index in [1.807, 2.05) is 25.1 Å². The predicted octanol–water partition coefficient (Wildman–Crippen LogP) is 1.87. The van der Waals surface area contributed by atoms with Gasteiger partial charge in [0.05, 0.1) is 25.3 Å². The Balaban J connectivity index is 1.90. The van der Waals surface area contributed by atoms with Crippen LogP contribution in [0.25, 0.3) is 0 Å². The smallest absolute Gasteiger partial charge is 0.227 e. The first-order chi connectivity index (χ1) is 13.5. The number of aliphatic carboxylic acids is 1. The number of thiazole rings is 1. The van der Waals surface area contributed by atoms with E-state index in [1.165, 1.54) is 11.3 Å². The molecule has 28 heavy (non-hydrogen) atoms. The molecule has 152 valence electrons. The number of rotatable bonds is 12. The Hall–Kier alpha value is -2.61. The zero-order valence-electron chi connectivity index (χ0n) is 16.2. The maximum atomic E-state index is 12.1. The van der Waals surface area contributed by atoms with Gasteiger partial charge in [0.15, 0.2) is 11.5 Å². The Morgan fingerprint density at radius 1 is 1.18 bits per heavy atom. The van der Waals surface area contributed by atoms with Crippen LogP contribution in [0.3, 0.4) is 0 Å². The summed E-state index contributed by atoms with van der Waals surface area (Å²) in [7, 11) is 0. The number of carboxylic acid groups (broad SMARTS) is 1. The topological polar surface area (TPSA) is 101 Å². The van der Waals surface area contributed by atoms with Gasteiger partial charge in [-0.2, -0.15) is 0 Å². The SMILES string of the molecule is CCCCOc1ccc(CNC(=O)Cc2nc(CC(=O)[O-])cs2)cc1OCC. The number of carbonyl (C=O) groups is 2. The van der Waals surface area contributed by atoms with E-state index in [0.717, 1.165) is 18.4 Å². The molecule has 0 aliphatic heterocycles. The monoisotopic (exact) mass is 405 g/mol. The standard InChI is InChI=1S/C20H26N2O5S/c1-3-5-8-27-16-7-6-14(9-17(16)26-4-2)12-21-18(23)11-19-22-15(13-28-19)10-20(24)25/h6-7,9,13H,3-5,8,10-12H2,1-2H3,(H,21,23)(H,24,25)/p-1. The van der Waals surface area contributed by atoms with Gasteiger partial charge < -0.3 is 24.7 Å². The Bertz CT molecular complexity index is 791. The third-order valence-corrected chi connectivity index (χ3v) is 4.69. The lowest BCUT2D eigenvalue weighted by Crippen LogP contribution is -2.25. The van der Waals surface area contributed by atoms with E-state index in [2.05, 4.69) is 17.2 Å². The van der Waals surface area contributed by atoms with E-state index in [-0.39, 0.29) is 18.7 Å². The van der Waals surface area contributed by atoms with E-state index >= 15 is 0 Å². The predicted molar refractivity (Wildman–Crippen MR) is 104 cm³/mol. The number of unbranched alkanes of at least 4 members (excludes halogenated alkanes) is 1. The first kappa shape index (κ1) is 21.7. The quantitative estimate of drug-likeness (QED) is 0.541. The summed E-state index contributed by atoms with van der Waals surface area (Å²) in [5.41, 5.74) is 1.31. The van der Waals surface area contributed by atoms with Gasteiger partial charge in [-0.15, -0.1) is 11.3 Å². The molecule has 7 nitrogen and oxygen atoms in total. The highest BCUT2D eigenvalue weighted by Gasteiger charge is 2.10. The second-order valence-electron chi connectivity index (χ2n) is 6.15. The molecule has 0 atom stereocenters. The van der Waals surface area contributed by atoms with Crippen molar-refractivity contribution in [2.75, 3.05) is 13.2 Å². The first-order valence-electron chi connectivity index (χ1n) is 9.30. The molecule has 0 saturated heterocycles. The highest BCUT2D eigenvalue weighted by atomic mass is 32.1. The van der Waals surface area contributed by atoms with E-state index < -0.39 is 5.97 Å². The summed E-state index contributed by atoms with van der Waals surface area (Å²) in [5.74, 6) is -0.00471. The third-order valence-electron chi connectivity index (χ3n) is 3.79. The average Bonchev–Trinajstić information content (AvgIpc) is 3.08. The zero-order valence-corrected chi connectivity index (χ0v) is 17.0. The van der Waals surface area contributed by atoms with Gasteiger partial charge in [0.1, 0.15) is 5.01 Å². The van der Waals surface area contributed by atoms with Gasteiger partial charge in [0, 0.05) is 24.3 Å². The van der Waals surface area contributed by atoms with Crippen molar-refractivity contribution < 1.29 is 24.2 Å². The summed E-state index contributed by atoms with van der Waals surface area (Å²) in [6, 6.07) is 5.62. The fourth-order valence-corrected chi connectivity index (χ4v) is 3.23. The molecule has 0 aliphatic rings. The number of nitrogens with one attached hydrogen (secondary N) is 1. The third kappa shape index (κ3) is 7.19. The van der Waals surface area contributed by atoms with Crippen molar-refractivity contribution in [1.82, 2.24) is 10.3 Å². The van der Waals surface area contributed by atoms with Crippen molar-refractivity contribution in [2.24, 2.45) is 0 Å². The van der Waals surface area contributed by atoms with Gasteiger partial charge >= 0.3 is 0 Å². The summed E-state index contributed by atoms with van der Waals surface area (Å²) in [4.78, 5) is 26.9. The van der Waals surface area contributed by atoms with Crippen molar-refractivity contribution in [2.45, 2.75) is 46.1 Å². The van der Waals surface area contributed by atoms with Crippen LogP contribution in [0.4, 0.5) is 0 Å². The maximum Gasteiger partial charge on any atom is 0.227 e. The molecule has 1 heterocycles. The summed E-state index contributed by atoms with van der Waals surface area (Å²) in [5, 5.41) is 15.6. The molecule has 2 rings (SSSR count). The summed E-state index contributed by atoms with van der Waals surface area (Å²) >= 11 is 1.26. The Labute approximate surface area is 168 Å². The number of carbonyl (C=O) groups excluding carboxylic acids is 2. The van der Waals surface area contributed by atoms with Gasteiger partial charge in [0.25, 0.3) is 0 Å². The number of ether oxygens (including phenoxy) is 2. The molecular formula is C20H25N2O5S-. The number of amides is 1. The molecule has 1 amide bonds. The van der Waals surface area contributed by atoms with Crippen LogP contribution < -0.4 is 19.9 Å². The van der Waals surface area contributed by atoms with Crippen molar-refractivity contribution in [3.63, 3.8) is 0 Å². The van der Waals surface area contributed by atoms with Crippen molar-refractivity contribution in [3.05, 3.63) is 39.8 Å². The lowest BCUT2D eigenvalue weighted by atomic mass is 10.2. The second kappa shape index (κ2) is 11.3. The minimum Gasteiger partial charge on any atom is -0.550 e. The molecule has 0 aliphatic carbocycles. The van der Waals surface area contributed by atoms with Gasteiger partial charge in [-0.3, -0.25) is 4.79 Å². The summed E-state index contributed by atoms with van der Waals surface area (Å²) in [6.07, 6.45) is 1.89. The van der Waals surface area contributed by atoms with Crippen LogP contribution >= 0.6 is 11.3 Å². The normalized spacial score (nSPS) is 10.5. The van der Waals surface area contributed by atoms with Crippen LogP contribution in [-0.4, -0.2) is 30.1 Å². The molecule has 0 radical (unpaired) electrons. The molecule has 1 aromatic heterocycles. The fraction of sp³-hybridized carbons (Fsp3) is 0.450. The minimum absolute atomic E-state index is 0.105. The number of hydrogen-bond donors (Lipinski definition) is 1. The van der Waals surface area contributed by atoms with Gasteiger partial charge in [-0.25, -0.2) is 4.98 Å². The number of hydrogen-bond acceptors (Lipinski definition) is 7. The molecule has 0 spiro atoms. The largest absolute Gasteiger partial charge is 0.550 e. The van der Waals surface area contributed by atoms with Gasteiger partial charge in [-0.05, 0) is 31.0 Å². The molecule has 1 N–H and O–H groups in total. The van der Waals surface area contributed by atoms with Crippen LogP contribution in [0, 0.1) is 0 Å². The Kier molecular flexibility index (Phi) is 8.74. The molecule has 0 bridgehead atoms. The number of benzene rings is 1. The van der Waals surface area contributed by atoms with Crippen LogP contribution in [-0.2, 0) is 29.0 Å². The molecule has 0 unspecified atom stereocenters. The molecular weight excluding hydrogens is 380 g/mol. The van der Waals surface area contributed by atoms with Crippen molar-refractivity contribution >= 4 is 23.2 Å². The van der Waals surface area contributed by atoms with Crippen LogP contribution in [0.15, 0.2) is 23.6 Å². The minimum atomic E-state index is -1.19. The highest BCUT2D eigenvalue weighted by Crippen LogP contribution is 2.28. The molecule has 0 fully saturated rings. The fourth-order valence-electron chi connectivity index (χ4n) is 2.44. The van der Waals surface area contributed by atoms with E-state index in [0.29, 0.717) is 42.0 Å². The van der Waals surface area contributed by atoms with Crippen LogP contribution in [0.2, 0.25) is 0 Å². The molecule has 8 heteroatoms. The molecule has 0 saturated carbocycles. The second-order valence-corrected chi connectivity index (χ2v) is 7.09. The highest BCUT2D eigenvalue weighted by molar-refractivity contribution is 7.09. The number of aromatic nitrogens is 1. The Morgan fingerprint density at radius 2 is 2.00 bits per heavy atom. The summed E-state index contributed by atoms with van der Waals surface area (Å²) < 4.78 is 11.4. The lowest BCUT2D eigenvalue weighted by molar-refractivity contribution is -0.304. The van der Waals surface area contributed by atoms with Gasteiger partial charge in [-0.1, -0.05) is 19.4 Å². The molecule has 1 aromatic carbocycles.